The first-order valence-electron chi connectivity index (χ1n) is 7.71. The van der Waals surface area contributed by atoms with E-state index >= 15 is 0 Å². The first-order chi connectivity index (χ1) is 11.7. The van der Waals surface area contributed by atoms with E-state index in [4.69, 9.17) is 0 Å². The van der Waals surface area contributed by atoms with E-state index in [-0.39, 0.29) is 11.6 Å². The van der Waals surface area contributed by atoms with Crippen LogP contribution >= 0.6 is 0 Å². The zero-order chi connectivity index (χ0) is 16.8. The van der Waals surface area contributed by atoms with Gasteiger partial charge < -0.3 is 10.6 Å². The minimum absolute atomic E-state index is 0.278. The fourth-order valence-electron chi connectivity index (χ4n) is 2.26. The minimum atomic E-state index is -0.279. The van der Waals surface area contributed by atoms with Crippen molar-refractivity contribution in [1.82, 2.24) is 10.2 Å². The predicted molar refractivity (Wildman–Crippen MR) is 94.9 cm³/mol. The molecule has 0 radical (unpaired) electrons. The number of aryl methyl sites for hydroxylation is 1. The molecule has 120 valence electrons. The lowest BCUT2D eigenvalue weighted by Crippen LogP contribution is -2.14. The Morgan fingerprint density at radius 3 is 2.38 bits per heavy atom. The van der Waals surface area contributed by atoms with Crippen molar-refractivity contribution in [3.05, 3.63) is 83.6 Å². The topological polar surface area (TPSA) is 66.9 Å². The van der Waals surface area contributed by atoms with Gasteiger partial charge in [0.15, 0.2) is 5.69 Å². The van der Waals surface area contributed by atoms with Gasteiger partial charge in [0.05, 0.1) is 0 Å². The second-order valence-corrected chi connectivity index (χ2v) is 5.40. The zero-order valence-corrected chi connectivity index (χ0v) is 13.4. The van der Waals surface area contributed by atoms with E-state index in [9.17, 15) is 4.79 Å². The molecule has 3 aromatic rings. The summed E-state index contributed by atoms with van der Waals surface area (Å²) >= 11 is 0. The number of nitrogens with zero attached hydrogens (tertiary/aromatic N) is 2. The summed E-state index contributed by atoms with van der Waals surface area (Å²) in [6.07, 6.45) is 0. The highest BCUT2D eigenvalue weighted by molar-refractivity contribution is 6.02. The van der Waals surface area contributed by atoms with Gasteiger partial charge in [-0.05, 0) is 42.3 Å². The van der Waals surface area contributed by atoms with Gasteiger partial charge in [-0.2, -0.15) is 0 Å². The summed E-state index contributed by atoms with van der Waals surface area (Å²) in [7, 11) is 0. The lowest BCUT2D eigenvalue weighted by Gasteiger charge is -2.08. The van der Waals surface area contributed by atoms with Crippen molar-refractivity contribution in [3.63, 3.8) is 0 Å². The number of carbonyl (C=O) groups excluding carboxylic acids is 1. The van der Waals surface area contributed by atoms with Crippen LogP contribution in [-0.2, 0) is 6.54 Å². The molecule has 1 aromatic heterocycles. The minimum Gasteiger partial charge on any atom is -0.364 e. The first kappa shape index (κ1) is 15.7. The van der Waals surface area contributed by atoms with Crippen molar-refractivity contribution >= 4 is 17.4 Å². The van der Waals surface area contributed by atoms with E-state index in [0.717, 1.165) is 5.69 Å². The molecule has 0 saturated heterocycles. The van der Waals surface area contributed by atoms with E-state index in [1.54, 1.807) is 12.1 Å². The Hall–Kier alpha value is -3.21. The summed E-state index contributed by atoms with van der Waals surface area (Å²) in [5, 5.41) is 14.0. The van der Waals surface area contributed by atoms with Gasteiger partial charge in [0, 0.05) is 12.2 Å². The number of rotatable bonds is 5. The molecule has 3 rings (SSSR count). The lowest BCUT2D eigenvalue weighted by atomic mass is 10.1. The summed E-state index contributed by atoms with van der Waals surface area (Å²) in [4.78, 5) is 12.1. The van der Waals surface area contributed by atoms with Gasteiger partial charge in [-0.15, -0.1) is 10.2 Å². The maximum absolute atomic E-state index is 12.1. The Morgan fingerprint density at radius 1 is 0.917 bits per heavy atom. The number of benzene rings is 2. The summed E-state index contributed by atoms with van der Waals surface area (Å²) in [5.74, 6) is 0.355. The van der Waals surface area contributed by atoms with Crippen LogP contribution in [0, 0.1) is 6.92 Å². The maximum Gasteiger partial charge on any atom is 0.276 e. The molecule has 2 aromatic carbocycles. The highest BCUT2D eigenvalue weighted by atomic mass is 16.1. The van der Waals surface area contributed by atoms with Crippen molar-refractivity contribution in [1.29, 1.82) is 0 Å². The Balaban J connectivity index is 1.61. The molecule has 1 heterocycles. The van der Waals surface area contributed by atoms with Crippen LogP contribution in [0.25, 0.3) is 0 Å². The lowest BCUT2D eigenvalue weighted by molar-refractivity contribution is 0.102. The van der Waals surface area contributed by atoms with E-state index < -0.39 is 0 Å². The molecule has 0 aliphatic heterocycles. The number of hydrogen-bond acceptors (Lipinski definition) is 4. The molecule has 5 nitrogen and oxygen atoms in total. The van der Waals surface area contributed by atoms with Gasteiger partial charge in [-0.25, -0.2) is 0 Å². The number of para-hydroxylation sites is 1. The molecular weight excluding hydrogens is 300 g/mol. The van der Waals surface area contributed by atoms with Crippen molar-refractivity contribution in [2.45, 2.75) is 13.5 Å². The third-order valence-electron chi connectivity index (χ3n) is 3.65. The number of aromatic nitrogens is 2. The smallest absolute Gasteiger partial charge is 0.276 e. The van der Waals surface area contributed by atoms with Crippen LogP contribution < -0.4 is 10.6 Å². The summed E-state index contributed by atoms with van der Waals surface area (Å²) in [6.45, 7) is 2.73. The molecule has 0 spiro atoms. The Bertz CT molecular complexity index is 816. The van der Waals surface area contributed by atoms with Crippen molar-refractivity contribution in [2.75, 3.05) is 10.6 Å². The van der Waals surface area contributed by atoms with Gasteiger partial charge in [-0.3, -0.25) is 4.79 Å². The SMILES string of the molecule is Cc1ccccc1CNc1ccc(C(=O)Nc2ccccc2)nn1. The summed E-state index contributed by atoms with van der Waals surface area (Å²) < 4.78 is 0. The second-order valence-electron chi connectivity index (χ2n) is 5.40. The first-order valence-corrected chi connectivity index (χ1v) is 7.71. The Kier molecular flexibility index (Phi) is 4.81. The fraction of sp³-hybridized carbons (Fsp3) is 0.105. The molecule has 0 unspecified atom stereocenters. The summed E-state index contributed by atoms with van der Waals surface area (Å²) in [6, 6.07) is 20.8. The Morgan fingerprint density at radius 2 is 1.67 bits per heavy atom. The molecule has 0 atom stereocenters. The number of carbonyl (C=O) groups is 1. The third-order valence-corrected chi connectivity index (χ3v) is 3.65. The van der Waals surface area contributed by atoms with Crippen molar-refractivity contribution < 1.29 is 4.79 Å². The summed E-state index contributed by atoms with van der Waals surface area (Å²) in [5.41, 5.74) is 3.42. The molecule has 0 bridgehead atoms. The van der Waals surface area contributed by atoms with E-state index in [2.05, 4.69) is 39.9 Å². The quantitative estimate of drug-likeness (QED) is 0.753. The number of amides is 1. The average Bonchev–Trinajstić information content (AvgIpc) is 2.62. The molecule has 2 N–H and O–H groups in total. The second kappa shape index (κ2) is 7.37. The number of hydrogen-bond donors (Lipinski definition) is 2. The largest absolute Gasteiger partial charge is 0.364 e. The average molecular weight is 318 g/mol. The normalized spacial score (nSPS) is 10.2. The predicted octanol–water partition coefficient (Wildman–Crippen LogP) is 3.65. The van der Waals surface area contributed by atoms with E-state index in [1.807, 2.05) is 42.5 Å². The van der Waals surface area contributed by atoms with Crippen LogP contribution in [0.2, 0.25) is 0 Å². The highest BCUT2D eigenvalue weighted by Crippen LogP contribution is 2.11. The molecule has 0 aliphatic carbocycles. The van der Waals surface area contributed by atoms with Crippen molar-refractivity contribution in [3.8, 4) is 0 Å². The van der Waals surface area contributed by atoms with E-state index in [1.165, 1.54) is 11.1 Å². The highest BCUT2D eigenvalue weighted by Gasteiger charge is 2.08. The van der Waals surface area contributed by atoms with Gasteiger partial charge >= 0.3 is 0 Å². The molecule has 24 heavy (non-hydrogen) atoms. The Labute approximate surface area is 140 Å². The maximum atomic E-state index is 12.1. The number of anilines is 2. The molecule has 5 heteroatoms. The molecule has 1 amide bonds. The molecular formula is C19H18N4O. The van der Waals surface area contributed by atoms with Crippen LogP contribution in [0.1, 0.15) is 21.6 Å². The third kappa shape index (κ3) is 3.95. The van der Waals surface area contributed by atoms with Crippen molar-refractivity contribution in [2.24, 2.45) is 0 Å². The van der Waals surface area contributed by atoms with Crippen LogP contribution in [0.4, 0.5) is 11.5 Å². The van der Waals surface area contributed by atoms with Crippen LogP contribution in [-0.4, -0.2) is 16.1 Å². The van der Waals surface area contributed by atoms with E-state index in [0.29, 0.717) is 12.4 Å². The zero-order valence-electron chi connectivity index (χ0n) is 13.4. The standard InChI is InChI=1S/C19H18N4O/c1-14-7-5-6-8-15(14)13-20-18-12-11-17(22-23-18)19(24)21-16-9-3-2-4-10-16/h2-12H,13H2,1H3,(H,20,23)(H,21,24). The molecule has 0 fully saturated rings. The van der Waals surface area contributed by atoms with Gasteiger partial charge in [0.2, 0.25) is 0 Å². The van der Waals surface area contributed by atoms with Gasteiger partial charge in [0.1, 0.15) is 5.82 Å². The molecule has 0 saturated carbocycles. The van der Waals surface area contributed by atoms with Crippen LogP contribution in [0.5, 0.6) is 0 Å². The van der Waals surface area contributed by atoms with Gasteiger partial charge in [0.25, 0.3) is 5.91 Å². The molecule has 0 aliphatic rings. The van der Waals surface area contributed by atoms with Crippen LogP contribution in [0.15, 0.2) is 66.7 Å². The van der Waals surface area contributed by atoms with Gasteiger partial charge in [-0.1, -0.05) is 42.5 Å². The monoisotopic (exact) mass is 318 g/mol. The fourth-order valence-corrected chi connectivity index (χ4v) is 2.26. The number of nitrogens with one attached hydrogen (secondary N) is 2. The van der Waals surface area contributed by atoms with Crippen LogP contribution in [0.3, 0.4) is 0 Å².